The van der Waals surface area contributed by atoms with Gasteiger partial charge in [0.2, 0.25) is 0 Å². The molecule has 1 fully saturated rings. The molecule has 12 heteroatoms. The molecule has 4 N–H and O–H groups in total. The normalized spacial score (nSPS) is 17.0. The van der Waals surface area contributed by atoms with Gasteiger partial charge in [0.1, 0.15) is 6.61 Å². The molecule has 0 bridgehead atoms. The van der Waals surface area contributed by atoms with Crippen molar-refractivity contribution in [1.82, 2.24) is 20.7 Å². The lowest BCUT2D eigenvalue weighted by Gasteiger charge is -2.29. The van der Waals surface area contributed by atoms with E-state index in [0.717, 1.165) is 46.3 Å². The maximum absolute atomic E-state index is 12.5. The van der Waals surface area contributed by atoms with Crippen LogP contribution in [0.2, 0.25) is 0 Å². The quantitative estimate of drug-likeness (QED) is 0.201. The van der Waals surface area contributed by atoms with Gasteiger partial charge in [0.15, 0.2) is 0 Å². The summed E-state index contributed by atoms with van der Waals surface area (Å²) < 4.78 is 10.5. The van der Waals surface area contributed by atoms with Crippen LogP contribution in [-0.4, -0.2) is 45.0 Å². The first-order chi connectivity index (χ1) is 20.0. The van der Waals surface area contributed by atoms with Crippen molar-refractivity contribution >= 4 is 34.9 Å². The minimum Gasteiger partial charge on any atom is -0.447 e. The van der Waals surface area contributed by atoms with E-state index in [4.69, 9.17) is 14.5 Å². The molecule has 4 rings (SSSR count). The first-order valence-electron chi connectivity index (χ1n) is 14.1. The standard InChI is InChI=1S/C30H40N6O5S/c1-19(2)41-29(38)33-21-11-9-20(10-12-21)27-32-17-26(42-27)24-14-13-22(16-25(24)36(39)35-30(3,4)5)34-28(37)40-18-23-8-6-7-15-31-23/h6-8,13-17,19-21,35,39H,9-12,18H2,1-5H3,(H,33,38)(H,34,37). The van der Waals surface area contributed by atoms with Gasteiger partial charge >= 0.3 is 12.2 Å². The van der Waals surface area contributed by atoms with Crippen LogP contribution in [0.1, 0.15) is 76.9 Å². The minimum atomic E-state index is -0.629. The predicted octanol–water partition coefficient (Wildman–Crippen LogP) is 6.61. The fourth-order valence-corrected chi connectivity index (χ4v) is 5.77. The van der Waals surface area contributed by atoms with Crippen LogP contribution in [-0.2, 0) is 16.1 Å². The second-order valence-electron chi connectivity index (χ2n) is 11.6. The summed E-state index contributed by atoms with van der Waals surface area (Å²) in [6.07, 6.45) is 5.85. The Morgan fingerprint density at radius 2 is 1.86 bits per heavy atom. The van der Waals surface area contributed by atoms with Crippen LogP contribution in [0.3, 0.4) is 0 Å². The Bertz CT molecular complexity index is 1340. The van der Waals surface area contributed by atoms with Gasteiger partial charge in [-0.3, -0.25) is 15.5 Å². The Morgan fingerprint density at radius 3 is 2.52 bits per heavy atom. The summed E-state index contributed by atoms with van der Waals surface area (Å²) in [6, 6.07) is 10.8. The largest absolute Gasteiger partial charge is 0.447 e. The molecule has 42 heavy (non-hydrogen) atoms. The average Bonchev–Trinajstić information content (AvgIpc) is 3.42. The third kappa shape index (κ3) is 9.13. The van der Waals surface area contributed by atoms with Crippen molar-refractivity contribution < 1.29 is 24.3 Å². The third-order valence-electron chi connectivity index (χ3n) is 6.52. The van der Waals surface area contributed by atoms with Gasteiger partial charge in [-0.1, -0.05) is 6.07 Å². The van der Waals surface area contributed by atoms with Gasteiger partial charge in [-0.25, -0.2) is 20.0 Å². The van der Waals surface area contributed by atoms with Gasteiger partial charge in [-0.15, -0.1) is 11.3 Å². The number of rotatable bonds is 9. The number of hydrogen-bond acceptors (Lipinski definition) is 10. The molecular formula is C30H40N6O5S. The molecule has 226 valence electrons. The van der Waals surface area contributed by atoms with Crippen molar-refractivity contribution in [3.05, 3.63) is 59.5 Å². The summed E-state index contributed by atoms with van der Waals surface area (Å²) in [6.45, 7) is 9.52. The summed E-state index contributed by atoms with van der Waals surface area (Å²) in [5.41, 5.74) is 4.94. The molecule has 0 atom stereocenters. The molecule has 2 amide bonds. The number of amides is 2. The summed E-state index contributed by atoms with van der Waals surface area (Å²) in [4.78, 5) is 34.2. The monoisotopic (exact) mass is 596 g/mol. The van der Waals surface area contributed by atoms with E-state index in [1.807, 2.05) is 52.9 Å². The lowest BCUT2D eigenvalue weighted by Crippen LogP contribution is -2.47. The second-order valence-corrected chi connectivity index (χ2v) is 12.7. The van der Waals surface area contributed by atoms with E-state index in [1.165, 1.54) is 0 Å². The van der Waals surface area contributed by atoms with E-state index in [-0.39, 0.29) is 24.8 Å². The highest BCUT2D eigenvalue weighted by molar-refractivity contribution is 7.15. The van der Waals surface area contributed by atoms with Crippen LogP contribution < -0.4 is 21.2 Å². The topological polar surface area (TPSA) is 138 Å². The maximum Gasteiger partial charge on any atom is 0.412 e. The molecule has 1 aliphatic rings. The van der Waals surface area contributed by atoms with Crippen LogP contribution in [0.15, 0.2) is 48.8 Å². The van der Waals surface area contributed by atoms with Gasteiger partial charge < -0.3 is 14.8 Å². The molecule has 0 unspecified atom stereocenters. The second kappa shape index (κ2) is 14.0. The Balaban J connectivity index is 1.46. The van der Waals surface area contributed by atoms with E-state index in [2.05, 4.69) is 21.0 Å². The molecule has 1 saturated carbocycles. The molecule has 2 heterocycles. The van der Waals surface area contributed by atoms with Crippen molar-refractivity contribution in [3.63, 3.8) is 0 Å². The molecule has 0 radical (unpaired) electrons. The van der Waals surface area contributed by atoms with E-state index < -0.39 is 11.6 Å². The molecule has 0 saturated heterocycles. The lowest BCUT2D eigenvalue weighted by molar-refractivity contribution is 0.109. The number of carbonyl (C=O) groups is 2. The zero-order chi connectivity index (χ0) is 30.3. The SMILES string of the molecule is CC(C)OC(=O)NC1CCC(c2ncc(-c3ccc(NC(=O)OCc4ccccn4)cc3N(O)NC(C)(C)C)s2)CC1. The highest BCUT2D eigenvalue weighted by atomic mass is 32.1. The number of pyridine rings is 1. The fourth-order valence-electron chi connectivity index (χ4n) is 4.65. The zero-order valence-corrected chi connectivity index (χ0v) is 25.5. The maximum atomic E-state index is 12.5. The van der Waals surface area contributed by atoms with Crippen LogP contribution in [0.5, 0.6) is 0 Å². The number of hydrogen-bond donors (Lipinski definition) is 4. The van der Waals surface area contributed by atoms with Crippen LogP contribution in [0, 0.1) is 0 Å². The van der Waals surface area contributed by atoms with Crippen LogP contribution >= 0.6 is 11.3 Å². The Hall–Kier alpha value is -3.74. The first kappa shape index (κ1) is 31.2. The number of nitrogens with zero attached hydrogens (tertiary/aromatic N) is 3. The number of nitrogens with one attached hydrogen (secondary N) is 3. The Morgan fingerprint density at radius 1 is 1.10 bits per heavy atom. The summed E-state index contributed by atoms with van der Waals surface area (Å²) in [5.74, 6) is 0.291. The van der Waals surface area contributed by atoms with Gasteiger partial charge in [0, 0.05) is 41.1 Å². The fraction of sp³-hybridized carbons (Fsp3) is 0.467. The van der Waals surface area contributed by atoms with E-state index in [9.17, 15) is 14.8 Å². The smallest absolute Gasteiger partial charge is 0.412 e. The molecule has 11 nitrogen and oxygen atoms in total. The van der Waals surface area contributed by atoms with Gasteiger partial charge in [-0.2, -0.15) is 5.17 Å². The molecule has 0 spiro atoms. The lowest BCUT2D eigenvalue weighted by atomic mass is 9.86. The number of ether oxygens (including phenoxy) is 2. The predicted molar refractivity (Wildman–Crippen MR) is 162 cm³/mol. The number of anilines is 2. The highest BCUT2D eigenvalue weighted by Gasteiger charge is 2.27. The Labute approximate surface area is 250 Å². The number of hydrazine groups is 1. The molecule has 0 aliphatic heterocycles. The number of thiazole rings is 1. The van der Waals surface area contributed by atoms with Gasteiger partial charge in [0.25, 0.3) is 0 Å². The van der Waals surface area contributed by atoms with E-state index in [1.54, 1.807) is 41.8 Å². The van der Waals surface area contributed by atoms with Gasteiger partial charge in [-0.05, 0) is 90.6 Å². The average molecular weight is 597 g/mol. The minimum absolute atomic E-state index is 0.0406. The van der Waals surface area contributed by atoms with E-state index in [0.29, 0.717) is 23.0 Å². The van der Waals surface area contributed by atoms with Crippen LogP contribution in [0.4, 0.5) is 21.0 Å². The number of aromatic nitrogens is 2. The molecular weight excluding hydrogens is 556 g/mol. The summed E-state index contributed by atoms with van der Waals surface area (Å²) in [5, 5.41) is 18.7. The van der Waals surface area contributed by atoms with E-state index >= 15 is 0 Å². The van der Waals surface area contributed by atoms with Crippen LogP contribution in [0.25, 0.3) is 10.4 Å². The van der Waals surface area contributed by atoms with Crippen molar-refractivity contribution in [1.29, 1.82) is 0 Å². The first-order valence-corrected chi connectivity index (χ1v) is 15.0. The van der Waals surface area contributed by atoms with Crippen molar-refractivity contribution in [2.75, 3.05) is 10.5 Å². The number of alkyl carbamates (subject to hydrolysis) is 1. The van der Waals surface area contributed by atoms with Crippen molar-refractivity contribution in [3.8, 4) is 10.4 Å². The Kier molecular flexibility index (Phi) is 10.4. The third-order valence-corrected chi connectivity index (χ3v) is 7.71. The van der Waals surface area contributed by atoms with Crippen molar-refractivity contribution in [2.24, 2.45) is 0 Å². The zero-order valence-electron chi connectivity index (χ0n) is 24.7. The number of benzene rings is 1. The van der Waals surface area contributed by atoms with Gasteiger partial charge in [0.05, 0.1) is 27.4 Å². The highest BCUT2D eigenvalue weighted by Crippen LogP contribution is 2.41. The van der Waals surface area contributed by atoms with Crippen molar-refractivity contribution in [2.45, 2.75) is 90.5 Å². The molecule has 2 aromatic heterocycles. The molecule has 3 aromatic rings. The number of carbonyl (C=O) groups excluding carboxylic acids is 2. The molecule has 1 aromatic carbocycles. The molecule has 1 aliphatic carbocycles. The summed E-state index contributed by atoms with van der Waals surface area (Å²) in [7, 11) is 0. The summed E-state index contributed by atoms with van der Waals surface area (Å²) >= 11 is 1.58.